The van der Waals surface area contributed by atoms with E-state index in [1.807, 2.05) is 30.3 Å². The number of hydrogen-bond donors (Lipinski definition) is 2. The molecular weight excluding hydrogens is 410 g/mol. The maximum absolute atomic E-state index is 13.0. The smallest absolute Gasteiger partial charge is 0.252 e. The molecule has 0 bridgehead atoms. The minimum Gasteiger partial charge on any atom is -0.377 e. The Morgan fingerprint density at radius 2 is 1.55 bits per heavy atom. The first-order valence-corrected chi connectivity index (χ1v) is 11.6. The molecule has 2 aromatic heterocycles. The van der Waals surface area contributed by atoms with Gasteiger partial charge in [0.2, 0.25) is 0 Å². The summed E-state index contributed by atoms with van der Waals surface area (Å²) in [6.45, 7) is 0. The van der Waals surface area contributed by atoms with Gasteiger partial charge in [-0.3, -0.25) is 9.78 Å². The zero-order chi connectivity index (χ0) is 22.8. The van der Waals surface area contributed by atoms with Crippen molar-refractivity contribution in [2.24, 2.45) is 0 Å². The number of nitrogens with one attached hydrogen (secondary N) is 2. The van der Waals surface area contributed by atoms with Gasteiger partial charge in [0.25, 0.3) is 5.91 Å². The molecule has 0 atom stereocenters. The number of aromatic nitrogens is 2. The zero-order valence-corrected chi connectivity index (χ0v) is 19.1. The normalized spacial score (nSPS) is 18.2. The summed E-state index contributed by atoms with van der Waals surface area (Å²) in [7, 11) is 4.12. The largest absolute Gasteiger partial charge is 0.377 e. The van der Waals surface area contributed by atoms with Crippen LogP contribution in [-0.4, -0.2) is 42.1 Å². The van der Waals surface area contributed by atoms with Crippen molar-refractivity contribution in [3.05, 3.63) is 72.4 Å². The van der Waals surface area contributed by atoms with E-state index in [-0.39, 0.29) is 11.9 Å². The number of nitrogens with zero attached hydrogens (tertiary/aromatic N) is 3. The van der Waals surface area contributed by atoms with Crippen LogP contribution in [-0.2, 0) is 0 Å². The van der Waals surface area contributed by atoms with Crippen molar-refractivity contribution in [1.29, 1.82) is 0 Å². The van der Waals surface area contributed by atoms with Crippen LogP contribution in [0.3, 0.4) is 0 Å². The summed E-state index contributed by atoms with van der Waals surface area (Å²) in [5, 5.41) is 8.93. The maximum atomic E-state index is 13.0. The molecule has 0 saturated heterocycles. The van der Waals surface area contributed by atoms with Gasteiger partial charge in [-0.1, -0.05) is 36.4 Å². The van der Waals surface area contributed by atoms with Crippen LogP contribution in [0.1, 0.15) is 36.0 Å². The molecule has 1 saturated carbocycles. The molecule has 33 heavy (non-hydrogen) atoms. The summed E-state index contributed by atoms with van der Waals surface area (Å²) in [6.07, 6.45) is 5.58. The fourth-order valence-corrected chi connectivity index (χ4v) is 4.75. The lowest BCUT2D eigenvalue weighted by Crippen LogP contribution is -2.40. The minimum atomic E-state index is -0.0168. The highest BCUT2D eigenvalue weighted by Crippen LogP contribution is 2.29. The van der Waals surface area contributed by atoms with Gasteiger partial charge in [-0.2, -0.15) is 0 Å². The van der Waals surface area contributed by atoms with Crippen molar-refractivity contribution in [1.82, 2.24) is 15.3 Å². The molecule has 1 amide bonds. The molecule has 6 heteroatoms. The number of anilines is 2. The first-order valence-electron chi connectivity index (χ1n) is 11.6. The van der Waals surface area contributed by atoms with Gasteiger partial charge in [0.1, 0.15) is 5.82 Å². The molecule has 1 aliphatic carbocycles. The Kier molecular flexibility index (Phi) is 5.82. The third-order valence-electron chi connectivity index (χ3n) is 6.48. The van der Waals surface area contributed by atoms with Gasteiger partial charge in [0, 0.05) is 54.9 Å². The molecule has 2 aromatic carbocycles. The van der Waals surface area contributed by atoms with E-state index in [0.29, 0.717) is 11.6 Å². The molecule has 2 heterocycles. The first-order chi connectivity index (χ1) is 16.1. The number of carbonyl (C=O) groups is 1. The van der Waals surface area contributed by atoms with E-state index >= 15 is 0 Å². The number of amides is 1. The monoisotopic (exact) mass is 439 g/mol. The highest BCUT2D eigenvalue weighted by Gasteiger charge is 2.24. The van der Waals surface area contributed by atoms with Crippen LogP contribution in [0.5, 0.6) is 0 Å². The highest BCUT2D eigenvalue weighted by atomic mass is 16.1. The quantitative estimate of drug-likeness (QED) is 0.458. The van der Waals surface area contributed by atoms with Gasteiger partial charge in [-0.25, -0.2) is 4.98 Å². The van der Waals surface area contributed by atoms with Gasteiger partial charge < -0.3 is 15.5 Å². The number of para-hydroxylation sites is 2. The van der Waals surface area contributed by atoms with Crippen molar-refractivity contribution in [2.75, 3.05) is 24.3 Å². The van der Waals surface area contributed by atoms with E-state index in [9.17, 15) is 4.79 Å². The Bertz CT molecular complexity index is 1290. The first kappa shape index (κ1) is 21.2. The van der Waals surface area contributed by atoms with Crippen LogP contribution in [0, 0.1) is 0 Å². The van der Waals surface area contributed by atoms with Gasteiger partial charge in [-0.05, 0) is 43.9 Å². The number of hydrogen-bond acceptors (Lipinski definition) is 5. The summed E-state index contributed by atoms with van der Waals surface area (Å²) < 4.78 is 0. The SMILES string of the molecule is CN(C)c1cc(NC2CCC(NC(=O)c3ccnc4ccccc34)CC2)nc2ccccc12. The predicted molar refractivity (Wildman–Crippen MR) is 135 cm³/mol. The number of carbonyl (C=O) groups excluding carboxylic acids is 1. The highest BCUT2D eigenvalue weighted by molar-refractivity contribution is 6.06. The van der Waals surface area contributed by atoms with Gasteiger partial charge in [0.15, 0.2) is 0 Å². The molecule has 0 radical (unpaired) electrons. The summed E-state index contributed by atoms with van der Waals surface area (Å²) in [5.74, 6) is 0.893. The lowest BCUT2D eigenvalue weighted by atomic mass is 9.91. The molecule has 4 aromatic rings. The Morgan fingerprint density at radius 3 is 2.30 bits per heavy atom. The molecule has 6 nitrogen and oxygen atoms in total. The van der Waals surface area contributed by atoms with Crippen molar-refractivity contribution in [2.45, 2.75) is 37.8 Å². The molecule has 0 unspecified atom stereocenters. The van der Waals surface area contributed by atoms with Crippen LogP contribution in [0.15, 0.2) is 66.9 Å². The Labute approximate surface area is 194 Å². The maximum Gasteiger partial charge on any atom is 0.252 e. The second-order valence-electron chi connectivity index (χ2n) is 8.98. The zero-order valence-electron chi connectivity index (χ0n) is 19.1. The van der Waals surface area contributed by atoms with Gasteiger partial charge in [-0.15, -0.1) is 0 Å². The minimum absolute atomic E-state index is 0.0168. The second kappa shape index (κ2) is 9.06. The summed E-state index contributed by atoms with van der Waals surface area (Å²) in [6, 6.07) is 20.5. The standard InChI is InChI=1S/C27H29N5O/c1-32(2)25-17-26(31-24-10-6-4-8-22(24)25)29-18-11-13-19(14-12-18)30-27(33)21-15-16-28-23-9-5-3-7-20(21)23/h3-10,15-19H,11-14H2,1-2H3,(H,29,31)(H,30,33). The fraction of sp³-hybridized carbons (Fsp3) is 0.296. The average Bonchev–Trinajstić information content (AvgIpc) is 2.84. The molecule has 1 aliphatic rings. The molecule has 0 spiro atoms. The van der Waals surface area contributed by atoms with E-state index < -0.39 is 0 Å². The van der Waals surface area contributed by atoms with Crippen molar-refractivity contribution in [3.63, 3.8) is 0 Å². The predicted octanol–water partition coefficient (Wildman–Crippen LogP) is 5.00. The van der Waals surface area contributed by atoms with Crippen molar-refractivity contribution < 1.29 is 4.79 Å². The van der Waals surface area contributed by atoms with Crippen LogP contribution in [0.25, 0.3) is 21.8 Å². The van der Waals surface area contributed by atoms with E-state index in [0.717, 1.165) is 59.0 Å². The summed E-state index contributed by atoms with van der Waals surface area (Å²) >= 11 is 0. The van der Waals surface area contributed by atoms with E-state index in [2.05, 4.69) is 58.9 Å². The van der Waals surface area contributed by atoms with E-state index in [1.54, 1.807) is 12.3 Å². The van der Waals surface area contributed by atoms with Gasteiger partial charge >= 0.3 is 0 Å². The Morgan fingerprint density at radius 1 is 0.879 bits per heavy atom. The lowest BCUT2D eigenvalue weighted by Gasteiger charge is -2.30. The van der Waals surface area contributed by atoms with Crippen molar-refractivity contribution >= 4 is 39.2 Å². The van der Waals surface area contributed by atoms with Gasteiger partial charge in [0.05, 0.1) is 16.6 Å². The second-order valence-corrected chi connectivity index (χ2v) is 8.98. The van der Waals surface area contributed by atoms with Crippen molar-refractivity contribution in [3.8, 4) is 0 Å². The molecule has 5 rings (SSSR count). The molecule has 0 aliphatic heterocycles. The number of rotatable bonds is 5. The van der Waals surface area contributed by atoms with E-state index in [4.69, 9.17) is 4.98 Å². The molecule has 1 fully saturated rings. The number of fused-ring (bicyclic) bond motifs is 2. The van der Waals surface area contributed by atoms with Crippen LogP contribution in [0.4, 0.5) is 11.5 Å². The Balaban J connectivity index is 1.23. The molecular formula is C27H29N5O. The average molecular weight is 440 g/mol. The number of benzene rings is 2. The Hall–Kier alpha value is -3.67. The van der Waals surface area contributed by atoms with E-state index in [1.165, 1.54) is 0 Å². The number of pyridine rings is 2. The third kappa shape index (κ3) is 4.46. The lowest BCUT2D eigenvalue weighted by molar-refractivity contribution is 0.0928. The van der Waals surface area contributed by atoms with Crippen LogP contribution in [0.2, 0.25) is 0 Å². The van der Waals surface area contributed by atoms with Crippen LogP contribution < -0.4 is 15.5 Å². The molecule has 168 valence electrons. The van der Waals surface area contributed by atoms with Crippen LogP contribution >= 0.6 is 0 Å². The third-order valence-corrected chi connectivity index (χ3v) is 6.48. The summed E-state index contributed by atoms with van der Waals surface area (Å²) in [5.41, 5.74) is 3.70. The topological polar surface area (TPSA) is 70.2 Å². The fourth-order valence-electron chi connectivity index (χ4n) is 4.75. The molecule has 2 N–H and O–H groups in total. The summed E-state index contributed by atoms with van der Waals surface area (Å²) in [4.78, 5) is 24.3.